The normalized spacial score (nSPS) is 12.1. The lowest BCUT2D eigenvalue weighted by atomic mass is 10.0. The molecule has 1 N–H and O–H groups in total. The maximum absolute atomic E-state index is 12.8. The van der Waals surface area contributed by atoms with Crippen LogP contribution in [0.5, 0.6) is 0 Å². The smallest absolute Gasteiger partial charge is 0.278 e. The number of halogens is 3. The van der Waals surface area contributed by atoms with Crippen molar-refractivity contribution in [2.24, 2.45) is 5.10 Å². The Balaban J connectivity index is 2.10. The second-order valence-corrected chi connectivity index (χ2v) is 5.23. The van der Waals surface area contributed by atoms with Crippen LogP contribution in [-0.2, 0) is 6.18 Å². The Hall–Kier alpha value is -2.30. The van der Waals surface area contributed by atoms with Crippen LogP contribution in [0.2, 0.25) is 0 Å². The molecule has 2 rings (SSSR count). The molecule has 0 unspecified atom stereocenters. The molecule has 0 aromatic heterocycles. The van der Waals surface area contributed by atoms with E-state index >= 15 is 0 Å². The standard InChI is InChI=1S/C17H17F3N2/c1-12(2)14-9-7-13(8-10-14)11-21-22-16-6-4-3-5-15(16)17(18,19)20/h3-12,22H,1-2H3/b21-11-. The summed E-state index contributed by atoms with van der Waals surface area (Å²) < 4.78 is 38.5. The lowest BCUT2D eigenvalue weighted by molar-refractivity contribution is -0.136. The third-order valence-electron chi connectivity index (χ3n) is 3.23. The summed E-state index contributed by atoms with van der Waals surface area (Å²) in [5.41, 5.74) is 3.68. The molecule has 0 aliphatic carbocycles. The summed E-state index contributed by atoms with van der Waals surface area (Å²) in [5, 5.41) is 3.89. The highest BCUT2D eigenvalue weighted by Gasteiger charge is 2.33. The van der Waals surface area contributed by atoms with Crippen molar-refractivity contribution in [3.05, 3.63) is 65.2 Å². The highest BCUT2D eigenvalue weighted by molar-refractivity contribution is 5.80. The van der Waals surface area contributed by atoms with Gasteiger partial charge >= 0.3 is 6.18 Å². The number of benzene rings is 2. The first-order chi connectivity index (χ1) is 10.4. The molecule has 0 aliphatic heterocycles. The Morgan fingerprint density at radius 1 is 1.00 bits per heavy atom. The fourth-order valence-electron chi connectivity index (χ4n) is 1.97. The average molecular weight is 306 g/mol. The van der Waals surface area contributed by atoms with E-state index in [1.54, 1.807) is 0 Å². The Morgan fingerprint density at radius 2 is 1.64 bits per heavy atom. The van der Waals surface area contributed by atoms with E-state index in [1.165, 1.54) is 30.0 Å². The van der Waals surface area contributed by atoms with E-state index in [4.69, 9.17) is 0 Å². The van der Waals surface area contributed by atoms with Crippen molar-refractivity contribution >= 4 is 11.9 Å². The first-order valence-corrected chi connectivity index (χ1v) is 6.93. The molecule has 0 fully saturated rings. The molecule has 0 spiro atoms. The summed E-state index contributed by atoms with van der Waals surface area (Å²) >= 11 is 0. The van der Waals surface area contributed by atoms with E-state index in [2.05, 4.69) is 24.4 Å². The number of hydrogen-bond donors (Lipinski definition) is 1. The summed E-state index contributed by atoms with van der Waals surface area (Å²) in [7, 11) is 0. The highest BCUT2D eigenvalue weighted by atomic mass is 19.4. The van der Waals surface area contributed by atoms with Crippen molar-refractivity contribution < 1.29 is 13.2 Å². The molecule has 0 saturated heterocycles. The molecule has 0 amide bonds. The molecule has 0 radical (unpaired) electrons. The lowest BCUT2D eigenvalue weighted by Crippen LogP contribution is -2.08. The van der Waals surface area contributed by atoms with E-state index in [9.17, 15) is 13.2 Å². The number of rotatable bonds is 4. The number of nitrogens with zero attached hydrogens (tertiary/aromatic N) is 1. The lowest BCUT2D eigenvalue weighted by Gasteiger charge is -2.11. The molecule has 0 aliphatic rings. The first kappa shape index (κ1) is 16.1. The third kappa shape index (κ3) is 4.10. The maximum Gasteiger partial charge on any atom is 0.418 e. The van der Waals surface area contributed by atoms with Crippen molar-refractivity contribution in [3.8, 4) is 0 Å². The van der Waals surface area contributed by atoms with Gasteiger partial charge < -0.3 is 0 Å². The molecule has 2 aromatic carbocycles. The van der Waals surface area contributed by atoms with Gasteiger partial charge in [-0.2, -0.15) is 18.3 Å². The van der Waals surface area contributed by atoms with Crippen LogP contribution in [-0.4, -0.2) is 6.21 Å². The summed E-state index contributed by atoms with van der Waals surface area (Å²) in [5.74, 6) is 0.433. The minimum atomic E-state index is -4.40. The van der Waals surface area contributed by atoms with Crippen LogP contribution in [0, 0.1) is 0 Å². The van der Waals surface area contributed by atoms with Gasteiger partial charge in [-0.3, -0.25) is 5.43 Å². The predicted molar refractivity (Wildman–Crippen MR) is 83.2 cm³/mol. The molecular weight excluding hydrogens is 289 g/mol. The van der Waals surface area contributed by atoms with Crippen LogP contribution in [0.4, 0.5) is 18.9 Å². The van der Waals surface area contributed by atoms with Crippen LogP contribution in [0.1, 0.15) is 36.5 Å². The second-order valence-electron chi connectivity index (χ2n) is 5.23. The zero-order valence-corrected chi connectivity index (χ0v) is 12.4. The summed E-state index contributed by atoms with van der Waals surface area (Å²) in [6, 6.07) is 13.0. The van der Waals surface area contributed by atoms with Crippen molar-refractivity contribution in [3.63, 3.8) is 0 Å². The molecule has 2 aromatic rings. The van der Waals surface area contributed by atoms with Gasteiger partial charge in [-0.05, 0) is 29.2 Å². The zero-order valence-electron chi connectivity index (χ0n) is 12.4. The number of hydrogen-bond acceptors (Lipinski definition) is 2. The first-order valence-electron chi connectivity index (χ1n) is 6.93. The number of para-hydroxylation sites is 1. The Labute approximate surface area is 127 Å². The van der Waals surface area contributed by atoms with Gasteiger partial charge in [0.25, 0.3) is 0 Å². The largest absolute Gasteiger partial charge is 0.418 e. The average Bonchev–Trinajstić information content (AvgIpc) is 2.47. The van der Waals surface area contributed by atoms with Crippen molar-refractivity contribution in [1.29, 1.82) is 0 Å². The summed E-state index contributed by atoms with van der Waals surface area (Å²) in [4.78, 5) is 0. The van der Waals surface area contributed by atoms with Gasteiger partial charge in [0, 0.05) is 0 Å². The van der Waals surface area contributed by atoms with Gasteiger partial charge in [0.2, 0.25) is 0 Å². The molecule has 5 heteroatoms. The van der Waals surface area contributed by atoms with Crippen molar-refractivity contribution in [2.45, 2.75) is 25.9 Å². The van der Waals surface area contributed by atoms with Crippen LogP contribution < -0.4 is 5.43 Å². The van der Waals surface area contributed by atoms with E-state index in [0.29, 0.717) is 5.92 Å². The van der Waals surface area contributed by atoms with Crippen LogP contribution in [0.25, 0.3) is 0 Å². The van der Waals surface area contributed by atoms with Crippen LogP contribution in [0.15, 0.2) is 53.6 Å². The summed E-state index contributed by atoms with van der Waals surface area (Å²) in [6.45, 7) is 4.19. The fraction of sp³-hybridized carbons (Fsp3) is 0.235. The molecular formula is C17H17F3N2. The van der Waals surface area contributed by atoms with Crippen LogP contribution >= 0.6 is 0 Å². The van der Waals surface area contributed by atoms with Gasteiger partial charge in [0.1, 0.15) is 0 Å². The molecule has 22 heavy (non-hydrogen) atoms. The monoisotopic (exact) mass is 306 g/mol. The van der Waals surface area contributed by atoms with Gasteiger partial charge in [-0.25, -0.2) is 0 Å². The van der Waals surface area contributed by atoms with Crippen molar-refractivity contribution in [2.75, 3.05) is 5.43 Å². The van der Waals surface area contributed by atoms with E-state index < -0.39 is 11.7 Å². The molecule has 2 nitrogen and oxygen atoms in total. The Morgan fingerprint density at radius 3 is 2.23 bits per heavy atom. The molecule has 0 saturated carbocycles. The topological polar surface area (TPSA) is 24.4 Å². The minimum Gasteiger partial charge on any atom is -0.278 e. The van der Waals surface area contributed by atoms with E-state index in [-0.39, 0.29) is 5.69 Å². The van der Waals surface area contributed by atoms with Crippen molar-refractivity contribution in [1.82, 2.24) is 0 Å². The van der Waals surface area contributed by atoms with Gasteiger partial charge in [0.15, 0.2) is 0 Å². The number of nitrogens with one attached hydrogen (secondary N) is 1. The predicted octanol–water partition coefficient (Wildman–Crippen LogP) is 5.27. The Kier molecular flexibility index (Phi) is 4.85. The quantitative estimate of drug-likeness (QED) is 0.603. The summed E-state index contributed by atoms with van der Waals surface area (Å²) in [6.07, 6.45) is -2.91. The molecule has 0 bridgehead atoms. The second kappa shape index (κ2) is 6.64. The van der Waals surface area contributed by atoms with E-state index in [1.807, 2.05) is 24.3 Å². The highest BCUT2D eigenvalue weighted by Crippen LogP contribution is 2.34. The van der Waals surface area contributed by atoms with Gasteiger partial charge in [-0.15, -0.1) is 0 Å². The number of alkyl halides is 3. The Bertz CT molecular complexity index is 644. The third-order valence-corrected chi connectivity index (χ3v) is 3.23. The molecule has 0 atom stereocenters. The van der Waals surface area contributed by atoms with Gasteiger partial charge in [-0.1, -0.05) is 50.2 Å². The number of hydrazone groups is 1. The number of anilines is 1. The van der Waals surface area contributed by atoms with E-state index in [0.717, 1.165) is 11.6 Å². The fourth-order valence-corrected chi connectivity index (χ4v) is 1.97. The minimum absolute atomic E-state index is 0.0648. The van der Waals surface area contributed by atoms with Gasteiger partial charge in [0.05, 0.1) is 17.5 Å². The zero-order chi connectivity index (χ0) is 16.2. The SMILES string of the molecule is CC(C)c1ccc(/C=N\Nc2ccccc2C(F)(F)F)cc1. The van der Waals surface area contributed by atoms with Crippen LogP contribution in [0.3, 0.4) is 0 Å². The maximum atomic E-state index is 12.8. The molecule has 0 heterocycles. The molecule has 116 valence electrons.